The van der Waals surface area contributed by atoms with Crippen molar-refractivity contribution < 1.29 is 19.1 Å². The van der Waals surface area contributed by atoms with E-state index in [1.807, 2.05) is 75.4 Å². The van der Waals surface area contributed by atoms with Crippen molar-refractivity contribution in [3.8, 4) is 11.8 Å². The van der Waals surface area contributed by atoms with Crippen molar-refractivity contribution in [3.05, 3.63) is 102 Å². The minimum Gasteiger partial charge on any atom is -0.490 e. The molecule has 0 radical (unpaired) electrons. The molecule has 1 fully saturated rings. The number of amides is 2. The summed E-state index contributed by atoms with van der Waals surface area (Å²) in [4.78, 5) is 33.7. The molecule has 0 saturated carbocycles. The first-order valence-corrected chi connectivity index (χ1v) is 14.1. The molecular formula is C34H34N4O4. The Morgan fingerprint density at radius 3 is 2.38 bits per heavy atom. The summed E-state index contributed by atoms with van der Waals surface area (Å²) in [5.41, 5.74) is 2.06. The van der Waals surface area contributed by atoms with Gasteiger partial charge in [-0.3, -0.25) is 9.78 Å². The Bertz CT molecular complexity index is 1600. The van der Waals surface area contributed by atoms with Crippen LogP contribution in [0.5, 0.6) is 5.75 Å². The minimum absolute atomic E-state index is 0.0170. The van der Waals surface area contributed by atoms with Crippen molar-refractivity contribution in [1.29, 1.82) is 5.26 Å². The largest absolute Gasteiger partial charge is 0.490 e. The van der Waals surface area contributed by atoms with E-state index in [9.17, 15) is 14.9 Å². The van der Waals surface area contributed by atoms with Gasteiger partial charge in [-0.1, -0.05) is 24.3 Å². The molecule has 1 aliphatic heterocycles. The number of carbonyl (C=O) groups is 2. The third kappa shape index (κ3) is 7.05. The smallest absolute Gasteiger partial charge is 0.410 e. The molecule has 2 heterocycles. The van der Waals surface area contributed by atoms with E-state index in [1.54, 1.807) is 40.3 Å². The number of ether oxygens (including phenoxy) is 2. The summed E-state index contributed by atoms with van der Waals surface area (Å²) in [5, 5.41) is 11.3. The zero-order valence-electron chi connectivity index (χ0n) is 24.1. The average molecular weight is 563 g/mol. The summed E-state index contributed by atoms with van der Waals surface area (Å²) in [6.45, 7) is 7.07. The highest BCUT2D eigenvalue weighted by Crippen LogP contribution is 2.27. The van der Waals surface area contributed by atoms with Gasteiger partial charge >= 0.3 is 6.09 Å². The van der Waals surface area contributed by atoms with Crippen LogP contribution < -0.4 is 9.64 Å². The van der Waals surface area contributed by atoms with Crippen LogP contribution in [0.2, 0.25) is 0 Å². The summed E-state index contributed by atoms with van der Waals surface area (Å²) in [5.74, 6) is 0.485. The van der Waals surface area contributed by atoms with Crippen LogP contribution >= 0.6 is 0 Å². The van der Waals surface area contributed by atoms with Crippen LogP contribution in [0.25, 0.3) is 10.8 Å². The minimum atomic E-state index is -0.521. The fourth-order valence-corrected chi connectivity index (χ4v) is 4.93. The lowest BCUT2D eigenvalue weighted by Crippen LogP contribution is -2.44. The number of piperidine rings is 1. The number of hydrogen-bond acceptors (Lipinski definition) is 6. The molecule has 0 bridgehead atoms. The van der Waals surface area contributed by atoms with E-state index >= 15 is 0 Å². The van der Waals surface area contributed by atoms with Gasteiger partial charge in [0.15, 0.2) is 0 Å². The number of rotatable bonds is 6. The molecule has 0 aliphatic carbocycles. The van der Waals surface area contributed by atoms with Gasteiger partial charge in [-0.15, -0.1) is 0 Å². The lowest BCUT2D eigenvalue weighted by atomic mass is 10.0. The maximum atomic E-state index is 13.6. The third-order valence-corrected chi connectivity index (χ3v) is 7.05. The Labute approximate surface area is 246 Å². The van der Waals surface area contributed by atoms with Crippen LogP contribution in [0.1, 0.15) is 55.2 Å². The number of nitrogens with zero attached hydrogens (tertiary/aromatic N) is 4. The summed E-state index contributed by atoms with van der Waals surface area (Å²) < 4.78 is 11.7. The molecule has 1 saturated heterocycles. The van der Waals surface area contributed by atoms with Crippen LogP contribution in [0, 0.1) is 11.3 Å². The number of nitriles is 1. The highest BCUT2D eigenvalue weighted by atomic mass is 16.6. The van der Waals surface area contributed by atoms with Gasteiger partial charge < -0.3 is 19.3 Å². The molecule has 1 aromatic heterocycles. The predicted octanol–water partition coefficient (Wildman–Crippen LogP) is 6.73. The molecule has 3 aromatic carbocycles. The zero-order valence-corrected chi connectivity index (χ0v) is 24.1. The Balaban J connectivity index is 1.31. The Morgan fingerprint density at radius 2 is 1.71 bits per heavy atom. The molecule has 0 atom stereocenters. The first-order chi connectivity index (χ1) is 20.2. The second kappa shape index (κ2) is 12.3. The summed E-state index contributed by atoms with van der Waals surface area (Å²) in [6.07, 6.45) is 2.72. The number of pyridine rings is 1. The Hall–Kier alpha value is -4.90. The van der Waals surface area contributed by atoms with Gasteiger partial charge in [0.1, 0.15) is 23.1 Å². The van der Waals surface area contributed by atoms with Gasteiger partial charge in [0.2, 0.25) is 0 Å². The molecule has 0 spiro atoms. The predicted molar refractivity (Wildman–Crippen MR) is 161 cm³/mol. The molecule has 5 rings (SSSR count). The maximum absolute atomic E-state index is 13.6. The van der Waals surface area contributed by atoms with Crippen molar-refractivity contribution in [3.63, 3.8) is 0 Å². The molecular weight excluding hydrogens is 528 g/mol. The van der Waals surface area contributed by atoms with Crippen LogP contribution in [0.4, 0.5) is 10.5 Å². The van der Waals surface area contributed by atoms with E-state index in [2.05, 4.69) is 11.1 Å². The Morgan fingerprint density at radius 1 is 0.976 bits per heavy atom. The van der Waals surface area contributed by atoms with Crippen molar-refractivity contribution in [2.45, 2.75) is 51.9 Å². The van der Waals surface area contributed by atoms with Crippen molar-refractivity contribution in [2.75, 3.05) is 18.0 Å². The first kappa shape index (κ1) is 28.6. The van der Waals surface area contributed by atoms with E-state index in [4.69, 9.17) is 9.47 Å². The molecule has 0 N–H and O–H groups in total. The number of hydrogen-bond donors (Lipinski definition) is 0. The fraction of sp³-hybridized carbons (Fsp3) is 0.294. The van der Waals surface area contributed by atoms with Crippen LogP contribution in [-0.4, -0.2) is 46.7 Å². The van der Waals surface area contributed by atoms with Crippen molar-refractivity contribution in [1.82, 2.24) is 9.88 Å². The third-order valence-electron chi connectivity index (χ3n) is 7.05. The van der Waals surface area contributed by atoms with Crippen LogP contribution in [0.15, 0.2) is 85.1 Å². The summed E-state index contributed by atoms with van der Waals surface area (Å²) in [6, 6.07) is 26.5. The van der Waals surface area contributed by atoms with Crippen molar-refractivity contribution >= 4 is 28.5 Å². The van der Waals surface area contributed by atoms with Gasteiger partial charge in [-0.25, -0.2) is 4.79 Å². The van der Waals surface area contributed by atoms with Crippen LogP contribution in [-0.2, 0) is 11.3 Å². The standard InChI is InChI=1S/C34H34N4O4/c1-34(2,3)42-33(40)37-18-15-30(16-19-37)41-29-13-11-28(12-14-29)38(32(39)31-6-4-5-17-36-31)23-25-8-10-26-9-7-24(22-35)20-27(26)21-25/h4-14,17,20-21,30H,15-16,18-19,23H2,1-3H3. The van der Waals surface area contributed by atoms with E-state index in [0.717, 1.165) is 16.3 Å². The SMILES string of the molecule is CC(C)(C)OC(=O)N1CCC(Oc2ccc(N(Cc3ccc4ccc(C#N)cc4c3)C(=O)c3ccccn3)cc2)CC1. The van der Waals surface area contributed by atoms with E-state index in [0.29, 0.717) is 55.2 Å². The highest BCUT2D eigenvalue weighted by Gasteiger charge is 2.28. The van der Waals surface area contributed by atoms with Crippen LogP contribution in [0.3, 0.4) is 0 Å². The van der Waals surface area contributed by atoms with Crippen molar-refractivity contribution in [2.24, 2.45) is 0 Å². The van der Waals surface area contributed by atoms with E-state index in [-0.39, 0.29) is 18.1 Å². The van der Waals surface area contributed by atoms with Gasteiger partial charge in [-0.05, 0) is 91.7 Å². The lowest BCUT2D eigenvalue weighted by Gasteiger charge is -2.33. The average Bonchev–Trinajstić information content (AvgIpc) is 2.99. The van der Waals surface area contributed by atoms with Gasteiger partial charge in [-0.2, -0.15) is 5.26 Å². The molecule has 2 amide bonds. The van der Waals surface area contributed by atoms with Gasteiger partial charge in [0.05, 0.1) is 18.2 Å². The number of benzene rings is 3. The number of carbonyl (C=O) groups excluding carboxylic acids is 2. The highest BCUT2D eigenvalue weighted by molar-refractivity contribution is 6.04. The number of aromatic nitrogens is 1. The summed E-state index contributed by atoms with van der Waals surface area (Å²) in [7, 11) is 0. The fourth-order valence-electron chi connectivity index (χ4n) is 4.93. The normalized spacial score (nSPS) is 13.8. The molecule has 42 heavy (non-hydrogen) atoms. The van der Waals surface area contributed by atoms with E-state index in [1.165, 1.54) is 0 Å². The maximum Gasteiger partial charge on any atom is 0.410 e. The topological polar surface area (TPSA) is 95.8 Å². The molecule has 214 valence electrons. The zero-order chi connectivity index (χ0) is 29.7. The number of fused-ring (bicyclic) bond motifs is 1. The second-order valence-electron chi connectivity index (χ2n) is 11.4. The second-order valence-corrected chi connectivity index (χ2v) is 11.4. The molecule has 8 nitrogen and oxygen atoms in total. The lowest BCUT2D eigenvalue weighted by molar-refractivity contribution is 0.0126. The molecule has 1 aliphatic rings. The molecule has 0 unspecified atom stereocenters. The van der Waals surface area contributed by atoms with Gasteiger partial charge in [0, 0.05) is 37.8 Å². The summed E-state index contributed by atoms with van der Waals surface area (Å²) >= 11 is 0. The molecule has 4 aromatic rings. The quantitative estimate of drug-likeness (QED) is 0.259. The monoisotopic (exact) mass is 562 g/mol. The van der Waals surface area contributed by atoms with Gasteiger partial charge in [0.25, 0.3) is 5.91 Å². The molecule has 8 heteroatoms. The first-order valence-electron chi connectivity index (χ1n) is 14.1. The number of likely N-dealkylation sites (tertiary alicyclic amines) is 1. The van der Waals surface area contributed by atoms with E-state index < -0.39 is 5.60 Å². The Kier molecular flexibility index (Phi) is 8.39. The number of anilines is 1.